The third kappa shape index (κ3) is 6.21. The van der Waals surface area contributed by atoms with Crippen molar-refractivity contribution in [2.75, 3.05) is 37.0 Å². The van der Waals surface area contributed by atoms with Crippen LogP contribution >= 0.6 is 0 Å². The maximum Gasteiger partial charge on any atom is 0.262 e. The molecule has 1 aliphatic heterocycles. The molecule has 2 aromatic carbocycles. The van der Waals surface area contributed by atoms with Crippen LogP contribution in [0.25, 0.3) is 0 Å². The zero-order valence-corrected chi connectivity index (χ0v) is 18.0. The number of nitrogens with one attached hydrogen (secondary N) is 2. The molecule has 0 aliphatic carbocycles. The topological polar surface area (TPSA) is 117 Å². The van der Waals surface area contributed by atoms with Crippen LogP contribution in [0, 0.1) is 5.92 Å². The van der Waals surface area contributed by atoms with E-state index in [4.69, 9.17) is 9.47 Å². The zero-order valence-electron chi connectivity index (χ0n) is 18.0. The summed E-state index contributed by atoms with van der Waals surface area (Å²) in [6, 6.07) is 13.8. The molecule has 1 aliphatic rings. The van der Waals surface area contributed by atoms with Gasteiger partial charge in [0.25, 0.3) is 5.91 Å². The minimum atomic E-state index is -0.641. The monoisotopic (exact) mass is 441 g/mol. The molecule has 3 amide bonds. The largest absolute Gasteiger partial charge is 0.497 e. The van der Waals surface area contributed by atoms with Crippen molar-refractivity contribution in [3.8, 4) is 11.5 Å². The third-order valence-corrected chi connectivity index (χ3v) is 4.94. The van der Waals surface area contributed by atoms with Crippen molar-refractivity contribution in [2.24, 2.45) is 5.92 Å². The lowest BCUT2D eigenvalue weighted by Crippen LogP contribution is -2.36. The summed E-state index contributed by atoms with van der Waals surface area (Å²) < 4.78 is 10.6. The molecule has 9 heteroatoms. The van der Waals surface area contributed by atoms with Gasteiger partial charge >= 0.3 is 0 Å². The second-order valence-corrected chi connectivity index (χ2v) is 7.56. The Balaban J connectivity index is 1.50. The van der Waals surface area contributed by atoms with Crippen LogP contribution in [0.4, 0.5) is 11.4 Å². The summed E-state index contributed by atoms with van der Waals surface area (Å²) in [4.78, 5) is 38.2. The summed E-state index contributed by atoms with van der Waals surface area (Å²) >= 11 is 0. The molecule has 2 aromatic rings. The van der Waals surface area contributed by atoms with Gasteiger partial charge in [-0.3, -0.25) is 14.4 Å². The van der Waals surface area contributed by atoms with Gasteiger partial charge in [0.1, 0.15) is 11.5 Å². The Morgan fingerprint density at radius 3 is 2.62 bits per heavy atom. The van der Waals surface area contributed by atoms with Crippen LogP contribution in [0.1, 0.15) is 13.3 Å². The number of carbonyl (C=O) groups excluding carboxylic acids is 3. The lowest BCUT2D eigenvalue weighted by Gasteiger charge is -2.17. The van der Waals surface area contributed by atoms with E-state index in [0.717, 1.165) is 0 Å². The van der Waals surface area contributed by atoms with Crippen LogP contribution < -0.4 is 25.0 Å². The Bertz CT molecular complexity index is 960. The molecular weight excluding hydrogens is 414 g/mol. The van der Waals surface area contributed by atoms with Crippen LogP contribution in [-0.2, 0) is 14.4 Å². The molecule has 0 saturated carbocycles. The summed E-state index contributed by atoms with van der Waals surface area (Å²) in [5.41, 5.74) is 1.25. The van der Waals surface area contributed by atoms with E-state index in [1.807, 2.05) is 0 Å². The van der Waals surface area contributed by atoms with Gasteiger partial charge in [0.15, 0.2) is 6.61 Å². The molecule has 0 radical (unpaired) electrons. The maximum absolute atomic E-state index is 12.4. The first-order valence-electron chi connectivity index (χ1n) is 10.3. The predicted molar refractivity (Wildman–Crippen MR) is 119 cm³/mol. The lowest BCUT2D eigenvalue weighted by molar-refractivity contribution is -0.126. The highest BCUT2D eigenvalue weighted by Gasteiger charge is 2.35. The molecule has 0 aromatic heterocycles. The number of hydrogen-bond acceptors (Lipinski definition) is 6. The summed E-state index contributed by atoms with van der Waals surface area (Å²) in [5.74, 6) is -0.0521. The lowest BCUT2D eigenvalue weighted by atomic mass is 10.1. The van der Waals surface area contributed by atoms with Gasteiger partial charge < -0.3 is 30.1 Å². The van der Waals surface area contributed by atoms with E-state index in [1.54, 1.807) is 67.5 Å². The Morgan fingerprint density at radius 2 is 1.94 bits per heavy atom. The fourth-order valence-electron chi connectivity index (χ4n) is 3.29. The summed E-state index contributed by atoms with van der Waals surface area (Å²) in [6.45, 7) is 1.83. The van der Waals surface area contributed by atoms with Crippen LogP contribution in [0.3, 0.4) is 0 Å². The highest BCUT2D eigenvalue weighted by atomic mass is 16.5. The molecular formula is C23H27N3O6. The van der Waals surface area contributed by atoms with Crippen LogP contribution in [0.5, 0.6) is 11.5 Å². The second-order valence-electron chi connectivity index (χ2n) is 7.56. The maximum atomic E-state index is 12.4. The zero-order chi connectivity index (χ0) is 23.1. The molecule has 1 heterocycles. The van der Waals surface area contributed by atoms with Crippen LogP contribution in [0.15, 0.2) is 48.5 Å². The van der Waals surface area contributed by atoms with Crippen molar-refractivity contribution in [2.45, 2.75) is 19.4 Å². The minimum absolute atomic E-state index is 0.119. The first-order valence-corrected chi connectivity index (χ1v) is 10.3. The normalized spacial score (nSPS) is 16.4. The number of carbonyl (C=O) groups is 3. The van der Waals surface area contributed by atoms with Crippen molar-refractivity contribution in [1.29, 1.82) is 0 Å². The van der Waals surface area contributed by atoms with Crippen molar-refractivity contribution in [3.63, 3.8) is 0 Å². The van der Waals surface area contributed by atoms with E-state index >= 15 is 0 Å². The quantitative estimate of drug-likeness (QED) is 0.544. The molecule has 0 unspecified atom stereocenters. The fourth-order valence-corrected chi connectivity index (χ4v) is 3.29. The van der Waals surface area contributed by atoms with Crippen LogP contribution in [0.2, 0.25) is 0 Å². The fraction of sp³-hybridized carbons (Fsp3) is 0.348. The van der Waals surface area contributed by atoms with Gasteiger partial charge in [-0.1, -0.05) is 6.07 Å². The molecule has 2 atom stereocenters. The van der Waals surface area contributed by atoms with E-state index in [-0.39, 0.29) is 43.8 Å². The molecule has 1 fully saturated rings. The van der Waals surface area contributed by atoms with E-state index in [2.05, 4.69) is 10.6 Å². The summed E-state index contributed by atoms with van der Waals surface area (Å²) in [6.07, 6.45) is -0.522. The number of benzene rings is 2. The van der Waals surface area contributed by atoms with E-state index in [0.29, 0.717) is 22.9 Å². The number of methoxy groups -OCH3 is 1. The van der Waals surface area contributed by atoms with Gasteiger partial charge in [-0.15, -0.1) is 0 Å². The number of ether oxygens (including phenoxy) is 2. The number of rotatable bonds is 9. The van der Waals surface area contributed by atoms with Crippen molar-refractivity contribution in [3.05, 3.63) is 48.5 Å². The second kappa shape index (κ2) is 10.6. The van der Waals surface area contributed by atoms with E-state index in [9.17, 15) is 19.5 Å². The number of anilines is 2. The van der Waals surface area contributed by atoms with Gasteiger partial charge in [0, 0.05) is 37.0 Å². The number of aliphatic hydroxyl groups is 1. The van der Waals surface area contributed by atoms with Crippen molar-refractivity contribution < 1.29 is 29.0 Å². The van der Waals surface area contributed by atoms with Gasteiger partial charge in [0.2, 0.25) is 11.8 Å². The first kappa shape index (κ1) is 23.1. The highest BCUT2D eigenvalue weighted by molar-refractivity contribution is 6.00. The SMILES string of the molecule is COc1cccc(NC(=O)COc2ccc(N3C[C@@H](C(=O)NC[C@@H](C)O)CC3=O)cc2)c1. The molecule has 32 heavy (non-hydrogen) atoms. The Hall–Kier alpha value is -3.59. The van der Waals surface area contributed by atoms with Gasteiger partial charge in [0.05, 0.1) is 19.1 Å². The third-order valence-electron chi connectivity index (χ3n) is 4.94. The Morgan fingerprint density at radius 1 is 1.19 bits per heavy atom. The summed E-state index contributed by atoms with van der Waals surface area (Å²) in [7, 11) is 1.55. The predicted octanol–water partition coefficient (Wildman–Crippen LogP) is 1.56. The van der Waals surface area contributed by atoms with E-state index in [1.165, 1.54) is 0 Å². The van der Waals surface area contributed by atoms with Gasteiger partial charge in [-0.25, -0.2) is 0 Å². The average Bonchev–Trinajstić information content (AvgIpc) is 3.18. The van der Waals surface area contributed by atoms with Crippen LogP contribution in [-0.4, -0.2) is 55.7 Å². The summed E-state index contributed by atoms with van der Waals surface area (Å²) in [5, 5.41) is 14.7. The van der Waals surface area contributed by atoms with E-state index < -0.39 is 12.0 Å². The molecule has 9 nitrogen and oxygen atoms in total. The number of nitrogens with zero attached hydrogens (tertiary/aromatic N) is 1. The Kier molecular flexibility index (Phi) is 7.67. The Labute approximate surface area is 186 Å². The molecule has 170 valence electrons. The molecule has 0 bridgehead atoms. The molecule has 1 saturated heterocycles. The van der Waals surface area contributed by atoms with Gasteiger partial charge in [-0.05, 0) is 43.3 Å². The minimum Gasteiger partial charge on any atom is -0.497 e. The highest BCUT2D eigenvalue weighted by Crippen LogP contribution is 2.27. The first-order chi connectivity index (χ1) is 15.4. The molecule has 3 rings (SSSR count). The molecule has 3 N–H and O–H groups in total. The molecule has 0 spiro atoms. The average molecular weight is 441 g/mol. The van der Waals surface area contributed by atoms with Crippen molar-refractivity contribution in [1.82, 2.24) is 5.32 Å². The number of hydrogen-bond donors (Lipinski definition) is 3. The smallest absolute Gasteiger partial charge is 0.262 e. The van der Waals surface area contributed by atoms with Crippen molar-refractivity contribution >= 4 is 29.1 Å². The standard InChI is InChI=1S/C23H27N3O6/c1-15(27)12-24-23(30)16-10-22(29)26(13-16)18-6-8-19(9-7-18)32-14-21(28)25-17-4-3-5-20(11-17)31-2/h3-9,11,15-16,27H,10,12-14H2,1-2H3,(H,24,30)(H,25,28)/t15-,16+/m1/s1. The number of amides is 3. The number of aliphatic hydroxyl groups excluding tert-OH is 1. The van der Waals surface area contributed by atoms with Gasteiger partial charge in [-0.2, -0.15) is 0 Å².